The molecule has 0 bridgehead atoms. The van der Waals surface area contributed by atoms with Crippen molar-refractivity contribution in [2.24, 2.45) is 0 Å². The van der Waals surface area contributed by atoms with Crippen molar-refractivity contribution in [2.75, 3.05) is 14.1 Å². The molecule has 0 spiro atoms. The van der Waals surface area contributed by atoms with Gasteiger partial charge >= 0.3 is 11.9 Å². The third-order valence-corrected chi connectivity index (χ3v) is 2.81. The molecule has 0 rings (SSSR count). The first-order valence-corrected chi connectivity index (χ1v) is 6.40. The van der Waals surface area contributed by atoms with Gasteiger partial charge in [-0.25, -0.2) is 4.79 Å². The molecule has 4 heteroatoms. The first kappa shape index (κ1) is 16.1. The molecule has 0 radical (unpaired) electrons. The van der Waals surface area contributed by atoms with Gasteiger partial charge in [0.05, 0.1) is 0 Å². The van der Waals surface area contributed by atoms with Crippen molar-refractivity contribution in [3.05, 3.63) is 0 Å². The Morgan fingerprint density at radius 1 is 1.12 bits per heavy atom. The fourth-order valence-electron chi connectivity index (χ4n) is 1.33. The van der Waals surface area contributed by atoms with Crippen molar-refractivity contribution >= 4 is 11.9 Å². The second-order valence-corrected chi connectivity index (χ2v) is 4.60. The van der Waals surface area contributed by atoms with E-state index in [0.717, 1.165) is 19.3 Å². The lowest BCUT2D eigenvalue weighted by Crippen LogP contribution is -2.35. The molecule has 4 nitrogen and oxygen atoms in total. The molecule has 0 saturated heterocycles. The summed E-state index contributed by atoms with van der Waals surface area (Å²) in [5, 5.41) is 0. The van der Waals surface area contributed by atoms with Crippen LogP contribution in [0.2, 0.25) is 0 Å². The van der Waals surface area contributed by atoms with Crippen LogP contribution in [-0.4, -0.2) is 37.0 Å². The summed E-state index contributed by atoms with van der Waals surface area (Å²) < 4.78 is 4.76. The van der Waals surface area contributed by atoms with E-state index in [1.54, 1.807) is 25.9 Å². The second kappa shape index (κ2) is 9.16. The van der Waals surface area contributed by atoms with Gasteiger partial charge in [0.1, 0.15) is 6.04 Å². The van der Waals surface area contributed by atoms with Crippen LogP contribution in [0.15, 0.2) is 0 Å². The van der Waals surface area contributed by atoms with Crippen LogP contribution in [0.4, 0.5) is 0 Å². The molecule has 0 fully saturated rings. The summed E-state index contributed by atoms with van der Waals surface area (Å²) in [6, 6.07) is -0.376. The summed E-state index contributed by atoms with van der Waals surface area (Å²) in [7, 11) is 3.56. The Labute approximate surface area is 104 Å². The zero-order valence-corrected chi connectivity index (χ0v) is 11.5. The summed E-state index contributed by atoms with van der Waals surface area (Å²) in [5.41, 5.74) is 0. The van der Waals surface area contributed by atoms with Crippen LogP contribution < -0.4 is 0 Å². The minimum atomic E-state index is -0.464. The molecular weight excluding hydrogens is 218 g/mol. The van der Waals surface area contributed by atoms with Crippen molar-refractivity contribution in [2.45, 2.75) is 58.4 Å². The summed E-state index contributed by atoms with van der Waals surface area (Å²) in [5.74, 6) is -0.867. The van der Waals surface area contributed by atoms with Crippen LogP contribution in [0.3, 0.4) is 0 Å². The maximum absolute atomic E-state index is 11.4. The number of nitrogens with zero attached hydrogens (tertiary/aromatic N) is 1. The SMILES string of the molecule is CCCCCCCC(=O)OC(=O)C(C)N(C)C. The third kappa shape index (κ3) is 7.91. The highest BCUT2D eigenvalue weighted by molar-refractivity contribution is 5.88. The predicted octanol–water partition coefficient (Wildman–Crippen LogP) is 2.37. The van der Waals surface area contributed by atoms with E-state index in [9.17, 15) is 9.59 Å². The van der Waals surface area contributed by atoms with Gasteiger partial charge in [0.2, 0.25) is 0 Å². The highest BCUT2D eigenvalue weighted by Crippen LogP contribution is 2.06. The van der Waals surface area contributed by atoms with Gasteiger partial charge in [-0.2, -0.15) is 0 Å². The lowest BCUT2D eigenvalue weighted by atomic mass is 10.1. The molecule has 0 aliphatic heterocycles. The van der Waals surface area contributed by atoms with Crippen LogP contribution in [-0.2, 0) is 14.3 Å². The van der Waals surface area contributed by atoms with Crippen LogP contribution in [0.5, 0.6) is 0 Å². The monoisotopic (exact) mass is 243 g/mol. The van der Waals surface area contributed by atoms with Gasteiger partial charge < -0.3 is 4.74 Å². The van der Waals surface area contributed by atoms with Gasteiger partial charge in [-0.05, 0) is 27.4 Å². The lowest BCUT2D eigenvalue weighted by Gasteiger charge is -2.17. The maximum Gasteiger partial charge on any atom is 0.330 e. The maximum atomic E-state index is 11.4. The number of unbranched alkanes of at least 4 members (excludes halogenated alkanes) is 4. The Hall–Kier alpha value is -0.900. The molecule has 0 aliphatic carbocycles. The number of hydrogen-bond acceptors (Lipinski definition) is 4. The van der Waals surface area contributed by atoms with Crippen molar-refractivity contribution < 1.29 is 14.3 Å². The topological polar surface area (TPSA) is 46.6 Å². The van der Waals surface area contributed by atoms with Gasteiger partial charge in [-0.3, -0.25) is 9.69 Å². The summed E-state index contributed by atoms with van der Waals surface area (Å²) >= 11 is 0. The number of carbonyl (C=O) groups is 2. The fourth-order valence-corrected chi connectivity index (χ4v) is 1.33. The molecule has 0 N–H and O–H groups in total. The van der Waals surface area contributed by atoms with Crippen molar-refractivity contribution in [3.63, 3.8) is 0 Å². The number of likely N-dealkylation sites (N-methyl/N-ethyl adjacent to an activating group) is 1. The van der Waals surface area contributed by atoms with Gasteiger partial charge in [-0.1, -0.05) is 32.6 Å². The van der Waals surface area contributed by atoms with E-state index in [-0.39, 0.29) is 6.04 Å². The van der Waals surface area contributed by atoms with Gasteiger partial charge in [0, 0.05) is 6.42 Å². The predicted molar refractivity (Wildman–Crippen MR) is 67.6 cm³/mol. The Morgan fingerprint density at radius 3 is 2.24 bits per heavy atom. The number of ether oxygens (including phenoxy) is 1. The number of hydrogen-bond donors (Lipinski definition) is 0. The highest BCUT2D eigenvalue weighted by Gasteiger charge is 2.19. The molecule has 100 valence electrons. The van der Waals surface area contributed by atoms with Crippen molar-refractivity contribution in [1.29, 1.82) is 0 Å². The zero-order valence-electron chi connectivity index (χ0n) is 11.5. The quantitative estimate of drug-likeness (QED) is 0.373. The zero-order chi connectivity index (χ0) is 13.3. The minimum absolute atomic E-state index is 0.343. The Kier molecular flexibility index (Phi) is 8.68. The third-order valence-electron chi connectivity index (χ3n) is 2.81. The second-order valence-electron chi connectivity index (χ2n) is 4.60. The molecule has 0 saturated carbocycles. The average Bonchev–Trinajstić information content (AvgIpc) is 2.27. The van der Waals surface area contributed by atoms with Gasteiger partial charge in [-0.15, -0.1) is 0 Å². The molecule has 17 heavy (non-hydrogen) atoms. The van der Waals surface area contributed by atoms with E-state index in [0.29, 0.717) is 6.42 Å². The number of esters is 2. The fraction of sp³-hybridized carbons (Fsp3) is 0.846. The normalized spacial score (nSPS) is 12.5. The minimum Gasteiger partial charge on any atom is -0.392 e. The molecule has 0 aromatic carbocycles. The largest absolute Gasteiger partial charge is 0.392 e. The highest BCUT2D eigenvalue weighted by atomic mass is 16.6. The summed E-state index contributed by atoms with van der Waals surface area (Å²) in [4.78, 5) is 24.5. The molecule has 0 aliphatic rings. The van der Waals surface area contributed by atoms with Gasteiger partial charge in [0.15, 0.2) is 0 Å². The molecule has 0 aromatic rings. The van der Waals surface area contributed by atoms with Gasteiger partial charge in [0.25, 0.3) is 0 Å². The van der Waals surface area contributed by atoms with Crippen LogP contribution in [0.25, 0.3) is 0 Å². The van der Waals surface area contributed by atoms with E-state index in [1.807, 2.05) is 0 Å². The smallest absolute Gasteiger partial charge is 0.330 e. The molecule has 1 unspecified atom stereocenters. The molecule has 0 amide bonds. The Bertz CT molecular complexity index is 239. The van der Waals surface area contributed by atoms with E-state index in [1.165, 1.54) is 12.8 Å². The van der Waals surface area contributed by atoms with Crippen LogP contribution >= 0.6 is 0 Å². The molecular formula is C13H25NO3. The lowest BCUT2D eigenvalue weighted by molar-refractivity contribution is -0.162. The van der Waals surface area contributed by atoms with Crippen molar-refractivity contribution in [3.8, 4) is 0 Å². The Morgan fingerprint density at radius 2 is 1.71 bits per heavy atom. The molecule has 0 heterocycles. The average molecular weight is 243 g/mol. The van der Waals surface area contributed by atoms with E-state index in [4.69, 9.17) is 4.74 Å². The first-order valence-electron chi connectivity index (χ1n) is 6.40. The summed E-state index contributed by atoms with van der Waals surface area (Å²) in [6.45, 7) is 3.87. The Balaban J connectivity index is 3.68. The van der Waals surface area contributed by atoms with E-state index < -0.39 is 11.9 Å². The van der Waals surface area contributed by atoms with E-state index in [2.05, 4.69) is 6.92 Å². The first-order chi connectivity index (χ1) is 7.99. The number of carbonyl (C=O) groups excluding carboxylic acids is 2. The van der Waals surface area contributed by atoms with Crippen molar-refractivity contribution in [1.82, 2.24) is 4.90 Å². The summed E-state index contributed by atoms with van der Waals surface area (Å²) in [6.07, 6.45) is 5.71. The standard InChI is InChI=1S/C13H25NO3/c1-5-6-7-8-9-10-12(15)17-13(16)11(2)14(3)4/h11H,5-10H2,1-4H3. The molecule has 1 atom stereocenters. The molecule has 0 aromatic heterocycles. The van der Waals surface area contributed by atoms with E-state index >= 15 is 0 Å². The van der Waals surface area contributed by atoms with Crippen LogP contribution in [0, 0.1) is 0 Å². The number of rotatable bonds is 8. The van der Waals surface area contributed by atoms with Crippen LogP contribution in [0.1, 0.15) is 52.4 Å².